The predicted molar refractivity (Wildman–Crippen MR) is 77.4 cm³/mol. The van der Waals surface area contributed by atoms with Gasteiger partial charge in [0.25, 0.3) is 5.91 Å². The van der Waals surface area contributed by atoms with Gasteiger partial charge in [0.2, 0.25) is 0 Å². The Morgan fingerprint density at radius 3 is 2.62 bits per heavy atom. The fraction of sp³-hybridized carbons (Fsp3) is 0.467. The quantitative estimate of drug-likeness (QED) is 0.866. The van der Waals surface area contributed by atoms with Crippen molar-refractivity contribution in [2.75, 3.05) is 32.7 Å². The van der Waals surface area contributed by atoms with Crippen LogP contribution in [0.25, 0.3) is 0 Å². The third-order valence-electron chi connectivity index (χ3n) is 3.62. The van der Waals surface area contributed by atoms with E-state index in [0.29, 0.717) is 31.7 Å². The standard InChI is InChI=1S/C15H20N2O4/c1-11-3-4-12(13(18)9-11)15(21)17-6-2-5-16(7-8-17)10-14(19)20/h3-4,9,18H,2,5-8,10H2,1H3,(H,19,20). The summed E-state index contributed by atoms with van der Waals surface area (Å²) >= 11 is 0. The minimum Gasteiger partial charge on any atom is -0.507 e. The highest BCUT2D eigenvalue weighted by atomic mass is 16.4. The molecule has 2 rings (SSSR count). The van der Waals surface area contributed by atoms with Gasteiger partial charge in [-0.15, -0.1) is 0 Å². The van der Waals surface area contributed by atoms with Crippen molar-refractivity contribution < 1.29 is 19.8 Å². The lowest BCUT2D eigenvalue weighted by molar-refractivity contribution is -0.138. The van der Waals surface area contributed by atoms with Gasteiger partial charge in [-0.2, -0.15) is 0 Å². The molecule has 0 atom stereocenters. The number of carboxylic acids is 1. The average molecular weight is 292 g/mol. The van der Waals surface area contributed by atoms with Crippen LogP contribution in [0.5, 0.6) is 5.75 Å². The molecule has 6 heteroatoms. The van der Waals surface area contributed by atoms with Gasteiger partial charge in [0.05, 0.1) is 12.1 Å². The van der Waals surface area contributed by atoms with Crippen molar-refractivity contribution in [1.29, 1.82) is 0 Å². The Bertz CT molecular complexity index is 544. The van der Waals surface area contributed by atoms with Crippen LogP contribution in [-0.2, 0) is 4.79 Å². The zero-order chi connectivity index (χ0) is 15.4. The average Bonchev–Trinajstić information content (AvgIpc) is 2.63. The molecule has 0 bridgehead atoms. The number of hydrogen-bond donors (Lipinski definition) is 2. The van der Waals surface area contributed by atoms with Gasteiger partial charge < -0.3 is 15.1 Å². The normalized spacial score (nSPS) is 16.5. The Kier molecular flexibility index (Phi) is 4.80. The summed E-state index contributed by atoms with van der Waals surface area (Å²) in [5.41, 5.74) is 1.19. The van der Waals surface area contributed by atoms with E-state index in [1.807, 2.05) is 11.8 Å². The highest BCUT2D eigenvalue weighted by Gasteiger charge is 2.22. The maximum Gasteiger partial charge on any atom is 0.317 e. The Balaban J connectivity index is 2.04. The number of nitrogens with zero attached hydrogens (tertiary/aromatic N) is 2. The van der Waals surface area contributed by atoms with Gasteiger partial charge in [0.1, 0.15) is 5.75 Å². The largest absolute Gasteiger partial charge is 0.507 e. The van der Waals surface area contributed by atoms with Crippen LogP contribution in [0, 0.1) is 6.92 Å². The Labute approximate surface area is 123 Å². The van der Waals surface area contributed by atoms with Crippen LogP contribution < -0.4 is 0 Å². The number of hydrogen-bond acceptors (Lipinski definition) is 4. The first-order valence-electron chi connectivity index (χ1n) is 7.00. The molecule has 1 aliphatic rings. The molecule has 1 aromatic rings. The predicted octanol–water partition coefficient (Wildman–Crippen LogP) is 0.933. The molecule has 21 heavy (non-hydrogen) atoms. The molecular formula is C15H20N2O4. The van der Waals surface area contributed by atoms with Crippen molar-refractivity contribution in [3.63, 3.8) is 0 Å². The number of carbonyl (C=O) groups excluding carboxylic acids is 1. The molecule has 0 aromatic heterocycles. The smallest absolute Gasteiger partial charge is 0.317 e. The number of carbonyl (C=O) groups is 2. The maximum absolute atomic E-state index is 12.4. The van der Waals surface area contributed by atoms with E-state index in [-0.39, 0.29) is 18.2 Å². The van der Waals surface area contributed by atoms with Crippen molar-refractivity contribution >= 4 is 11.9 Å². The summed E-state index contributed by atoms with van der Waals surface area (Å²) in [5, 5.41) is 18.7. The number of aryl methyl sites for hydroxylation is 1. The minimum absolute atomic E-state index is 0.00217. The highest BCUT2D eigenvalue weighted by Crippen LogP contribution is 2.21. The van der Waals surface area contributed by atoms with E-state index >= 15 is 0 Å². The van der Waals surface area contributed by atoms with Crippen molar-refractivity contribution in [2.45, 2.75) is 13.3 Å². The summed E-state index contributed by atoms with van der Waals surface area (Å²) in [6.45, 7) is 4.09. The Hall–Kier alpha value is -2.08. The third kappa shape index (κ3) is 3.95. The molecule has 1 amide bonds. The number of rotatable bonds is 3. The van der Waals surface area contributed by atoms with Crippen molar-refractivity contribution in [3.8, 4) is 5.75 Å². The second kappa shape index (κ2) is 6.58. The number of benzene rings is 1. The summed E-state index contributed by atoms with van der Waals surface area (Å²) in [4.78, 5) is 26.7. The topological polar surface area (TPSA) is 81.1 Å². The van der Waals surface area contributed by atoms with Crippen molar-refractivity contribution in [3.05, 3.63) is 29.3 Å². The van der Waals surface area contributed by atoms with Crippen LogP contribution >= 0.6 is 0 Å². The van der Waals surface area contributed by atoms with Crippen LogP contribution in [0.2, 0.25) is 0 Å². The van der Waals surface area contributed by atoms with E-state index in [4.69, 9.17) is 5.11 Å². The van der Waals surface area contributed by atoms with E-state index in [0.717, 1.165) is 12.0 Å². The van der Waals surface area contributed by atoms with Crippen LogP contribution in [0.4, 0.5) is 0 Å². The molecule has 114 valence electrons. The highest BCUT2D eigenvalue weighted by molar-refractivity contribution is 5.96. The van der Waals surface area contributed by atoms with Gasteiger partial charge >= 0.3 is 5.97 Å². The lowest BCUT2D eigenvalue weighted by Gasteiger charge is -2.21. The second-order valence-corrected chi connectivity index (χ2v) is 5.34. The summed E-state index contributed by atoms with van der Waals surface area (Å²) in [5.74, 6) is -1.07. The third-order valence-corrected chi connectivity index (χ3v) is 3.62. The van der Waals surface area contributed by atoms with Gasteiger partial charge in [0, 0.05) is 26.2 Å². The maximum atomic E-state index is 12.4. The molecular weight excluding hydrogens is 272 g/mol. The summed E-state index contributed by atoms with van der Waals surface area (Å²) in [6.07, 6.45) is 0.728. The van der Waals surface area contributed by atoms with Crippen LogP contribution in [0.1, 0.15) is 22.3 Å². The van der Waals surface area contributed by atoms with Crippen molar-refractivity contribution in [2.24, 2.45) is 0 Å². The molecule has 1 fully saturated rings. The molecule has 0 unspecified atom stereocenters. The second-order valence-electron chi connectivity index (χ2n) is 5.34. The summed E-state index contributed by atoms with van der Waals surface area (Å²) < 4.78 is 0. The molecule has 0 spiro atoms. The lowest BCUT2D eigenvalue weighted by Crippen LogP contribution is -2.36. The fourth-order valence-corrected chi connectivity index (χ4v) is 2.52. The van der Waals surface area contributed by atoms with Crippen LogP contribution in [-0.4, -0.2) is 64.6 Å². The monoisotopic (exact) mass is 292 g/mol. The number of phenolic OH excluding ortho intramolecular Hbond substituents is 1. The molecule has 0 saturated carbocycles. The van der Waals surface area contributed by atoms with Crippen molar-refractivity contribution in [1.82, 2.24) is 9.80 Å². The first kappa shape index (κ1) is 15.3. The molecule has 0 radical (unpaired) electrons. The van der Waals surface area contributed by atoms with Gasteiger partial charge in [0.15, 0.2) is 0 Å². The molecule has 1 saturated heterocycles. The van der Waals surface area contributed by atoms with Gasteiger partial charge in [-0.1, -0.05) is 6.07 Å². The molecule has 0 aliphatic carbocycles. The molecule has 1 heterocycles. The first-order valence-corrected chi connectivity index (χ1v) is 7.00. The SMILES string of the molecule is Cc1ccc(C(=O)N2CCCN(CC(=O)O)CC2)c(O)c1. The number of amides is 1. The van der Waals surface area contributed by atoms with E-state index < -0.39 is 5.97 Å². The number of phenols is 1. The number of aromatic hydroxyl groups is 1. The summed E-state index contributed by atoms with van der Waals surface area (Å²) in [6, 6.07) is 5.00. The minimum atomic E-state index is -0.856. The van der Waals surface area contributed by atoms with E-state index in [2.05, 4.69) is 0 Å². The summed E-state index contributed by atoms with van der Waals surface area (Å²) in [7, 11) is 0. The van der Waals surface area contributed by atoms with E-state index in [9.17, 15) is 14.7 Å². The Morgan fingerprint density at radius 2 is 1.95 bits per heavy atom. The van der Waals surface area contributed by atoms with Gasteiger partial charge in [-0.05, 0) is 31.0 Å². The zero-order valence-electron chi connectivity index (χ0n) is 12.1. The molecule has 1 aromatic carbocycles. The van der Waals surface area contributed by atoms with Crippen LogP contribution in [0.15, 0.2) is 18.2 Å². The lowest BCUT2D eigenvalue weighted by atomic mass is 10.1. The fourth-order valence-electron chi connectivity index (χ4n) is 2.52. The Morgan fingerprint density at radius 1 is 1.19 bits per heavy atom. The van der Waals surface area contributed by atoms with Gasteiger partial charge in [-0.3, -0.25) is 14.5 Å². The molecule has 6 nitrogen and oxygen atoms in total. The van der Waals surface area contributed by atoms with Crippen LogP contribution in [0.3, 0.4) is 0 Å². The van der Waals surface area contributed by atoms with E-state index in [1.54, 1.807) is 23.1 Å². The molecule has 1 aliphatic heterocycles. The number of aliphatic carboxylic acids is 1. The molecule has 2 N–H and O–H groups in total. The van der Waals surface area contributed by atoms with Gasteiger partial charge in [-0.25, -0.2) is 0 Å². The number of carboxylic acid groups (broad SMARTS) is 1. The first-order chi connectivity index (χ1) is 9.97. The zero-order valence-corrected chi connectivity index (χ0v) is 12.1. The van der Waals surface area contributed by atoms with E-state index in [1.165, 1.54) is 0 Å².